The summed E-state index contributed by atoms with van der Waals surface area (Å²) in [5.41, 5.74) is 4.54. The van der Waals surface area contributed by atoms with Gasteiger partial charge >= 0.3 is 60.5 Å². The van der Waals surface area contributed by atoms with Gasteiger partial charge in [-0.2, -0.15) is 38.4 Å². The topological polar surface area (TPSA) is 542 Å². The van der Waals surface area contributed by atoms with Gasteiger partial charge in [-0.25, -0.2) is 19.1 Å². The summed E-state index contributed by atoms with van der Waals surface area (Å²) >= 11 is 7.87. The number of hydrogen-bond donors (Lipinski definition) is 13. The average molecular weight is 1720 g/mol. The van der Waals surface area contributed by atoms with E-state index >= 15 is 0 Å². The number of rotatable bonds is 44. The summed E-state index contributed by atoms with van der Waals surface area (Å²) in [5.74, 6) is -4.75. The highest BCUT2D eigenvalue weighted by Gasteiger charge is 2.25. The van der Waals surface area contributed by atoms with Crippen molar-refractivity contribution < 1.29 is 111 Å². The molecule has 5 rings (SSSR count). The van der Waals surface area contributed by atoms with Gasteiger partial charge < -0.3 is 87.6 Å². The van der Waals surface area contributed by atoms with E-state index in [-0.39, 0.29) is 120 Å². The molecule has 1 aliphatic heterocycles. The smallest absolute Gasteiger partial charge is 0.373 e. The van der Waals surface area contributed by atoms with E-state index in [9.17, 15) is 58.5 Å². The van der Waals surface area contributed by atoms with Crippen molar-refractivity contribution in [2.24, 2.45) is 0 Å². The SMILES string of the molecule is CN1CCN(CC(=O)O)CCN(CC(=O)O)CC(Cc2ccc(NC(=S)NCCCCC(NC(=O)CCOCCOCCn3cc(-c4cccc(NC(=O)NCCCCC(NC(=O)NCCCC(=O)O)C(=O)O)c4)nn3)C(=O)NCCCCCNC(=O)Cc3ccc(I)cc3)cc2)N(C)CC1.O=C=O.O=C=O.O=C=O.O=C=O. The molecule has 3 atom stereocenters. The number of carboxylic acid groups (broad SMARTS) is 4. The van der Waals surface area contributed by atoms with Gasteiger partial charge in [0, 0.05) is 118 Å². The minimum absolute atomic E-state index is 0.0148. The lowest BCUT2D eigenvalue weighted by atomic mass is 10.0. The predicted molar refractivity (Wildman–Crippen MR) is 412 cm³/mol. The molecule has 39 nitrogen and oxygen atoms in total. The Morgan fingerprint density at radius 2 is 1.10 bits per heavy atom. The minimum Gasteiger partial charge on any atom is -0.481 e. The van der Waals surface area contributed by atoms with Gasteiger partial charge in [0.15, 0.2) is 5.11 Å². The van der Waals surface area contributed by atoms with E-state index in [0.717, 1.165) is 46.3 Å². The number of urea groups is 2. The van der Waals surface area contributed by atoms with Crippen LogP contribution in [0.4, 0.5) is 21.0 Å². The third kappa shape index (κ3) is 51.5. The summed E-state index contributed by atoms with van der Waals surface area (Å²) in [6, 6.07) is 19.6. The van der Waals surface area contributed by atoms with E-state index < -0.39 is 48.0 Å². The Balaban J connectivity index is 0.00000498. The highest BCUT2D eigenvalue weighted by molar-refractivity contribution is 14.1. The molecule has 1 saturated heterocycles. The van der Waals surface area contributed by atoms with Crippen LogP contribution in [0.2, 0.25) is 0 Å². The Morgan fingerprint density at radius 1 is 0.549 bits per heavy atom. The molecule has 0 spiro atoms. The van der Waals surface area contributed by atoms with E-state index in [2.05, 4.69) is 97.6 Å². The number of nitrogens with one attached hydrogen (secondary N) is 9. The fourth-order valence-corrected chi connectivity index (χ4v) is 11.3. The molecule has 3 unspecified atom stereocenters. The summed E-state index contributed by atoms with van der Waals surface area (Å²) in [6.45, 7) is 6.84. The number of amides is 7. The van der Waals surface area contributed by atoms with E-state index in [1.54, 1.807) is 29.1 Å². The molecular formula is C72H101IN16O23S. The molecule has 0 aliphatic carbocycles. The molecule has 4 aromatic rings. The van der Waals surface area contributed by atoms with Gasteiger partial charge in [-0.3, -0.25) is 38.6 Å². The quantitative estimate of drug-likeness (QED) is 0.0169. The molecule has 1 aliphatic rings. The van der Waals surface area contributed by atoms with Gasteiger partial charge in [-0.05, 0) is 167 Å². The molecule has 1 aromatic heterocycles. The molecule has 1 fully saturated rings. The van der Waals surface area contributed by atoms with Crippen LogP contribution in [-0.4, -0.2) is 289 Å². The zero-order valence-electron chi connectivity index (χ0n) is 63.0. The van der Waals surface area contributed by atoms with E-state index in [4.69, 9.17) is 65.2 Å². The number of aromatic nitrogens is 3. The van der Waals surface area contributed by atoms with Gasteiger partial charge in [-0.15, -0.1) is 5.10 Å². The molecule has 113 heavy (non-hydrogen) atoms. The number of anilines is 2. The number of hydrogen-bond acceptors (Lipinski definition) is 26. The third-order valence-electron chi connectivity index (χ3n) is 16.4. The Kier molecular flexibility index (Phi) is 55.9. The van der Waals surface area contributed by atoms with Crippen molar-refractivity contribution in [2.45, 2.75) is 115 Å². The van der Waals surface area contributed by atoms with E-state index in [1.807, 2.05) is 71.4 Å². The Labute approximate surface area is 671 Å². The first-order valence-electron chi connectivity index (χ1n) is 35.9. The van der Waals surface area contributed by atoms with Crippen molar-refractivity contribution in [3.8, 4) is 11.3 Å². The molecule has 0 radical (unpaired) electrons. The van der Waals surface area contributed by atoms with Crippen molar-refractivity contribution in [3.05, 3.63) is 93.7 Å². The summed E-state index contributed by atoms with van der Waals surface area (Å²) in [7, 11) is 4.07. The maximum absolute atomic E-state index is 13.6. The molecule has 7 amide bonds. The number of nitrogens with zero attached hydrogens (tertiary/aromatic N) is 7. The zero-order valence-corrected chi connectivity index (χ0v) is 66.0. The van der Waals surface area contributed by atoms with Crippen LogP contribution in [0.25, 0.3) is 11.3 Å². The second kappa shape index (κ2) is 62.9. The van der Waals surface area contributed by atoms with E-state index in [0.29, 0.717) is 139 Å². The Hall–Kier alpha value is -10.7. The first-order valence-corrected chi connectivity index (χ1v) is 37.4. The molecule has 3 aromatic carbocycles. The molecule has 41 heteroatoms. The second-order valence-corrected chi connectivity index (χ2v) is 26.7. The number of thiocarbonyl (C=S) groups is 1. The summed E-state index contributed by atoms with van der Waals surface area (Å²) in [5, 5.41) is 72.0. The van der Waals surface area contributed by atoms with Crippen molar-refractivity contribution in [1.29, 1.82) is 0 Å². The highest BCUT2D eigenvalue weighted by atomic mass is 127. The molecule has 0 bridgehead atoms. The largest absolute Gasteiger partial charge is 0.481 e. The van der Waals surface area contributed by atoms with Gasteiger partial charge in [0.2, 0.25) is 17.7 Å². The van der Waals surface area contributed by atoms with E-state index in [1.165, 1.54) is 0 Å². The highest BCUT2D eigenvalue weighted by Crippen LogP contribution is 2.21. The lowest BCUT2D eigenvalue weighted by molar-refractivity contribution is -0.193. The number of aliphatic carboxylic acids is 4. The minimum atomic E-state index is -1.21. The van der Waals surface area contributed by atoms with Crippen LogP contribution in [0.15, 0.2) is 79.0 Å². The van der Waals surface area contributed by atoms with Crippen LogP contribution in [0, 0.1) is 3.57 Å². The molecular weight excluding hydrogens is 1620 g/mol. The van der Waals surface area contributed by atoms with Gasteiger partial charge in [-0.1, -0.05) is 41.6 Å². The summed E-state index contributed by atoms with van der Waals surface area (Å²) in [4.78, 5) is 183. The normalized spacial score (nSPS) is 13.5. The van der Waals surface area contributed by atoms with Crippen molar-refractivity contribution >= 4 is 130 Å². The molecule has 2 heterocycles. The maximum atomic E-state index is 13.6. The van der Waals surface area contributed by atoms with Crippen LogP contribution in [0.3, 0.4) is 0 Å². The summed E-state index contributed by atoms with van der Waals surface area (Å²) in [6.07, 6.45) is 8.58. The monoisotopic (exact) mass is 1720 g/mol. The Bertz CT molecular complexity index is 3610. The predicted octanol–water partition coefficient (Wildman–Crippen LogP) is 1.40. The van der Waals surface area contributed by atoms with Crippen molar-refractivity contribution in [1.82, 2.24) is 71.8 Å². The third-order valence-corrected chi connectivity index (χ3v) is 17.4. The number of carbonyl (C=O) groups excluding carboxylic acids is 13. The fourth-order valence-electron chi connectivity index (χ4n) is 10.7. The van der Waals surface area contributed by atoms with Crippen molar-refractivity contribution in [3.63, 3.8) is 0 Å². The van der Waals surface area contributed by atoms with Crippen LogP contribution >= 0.6 is 34.8 Å². The number of ether oxygens (including phenoxy) is 2. The maximum Gasteiger partial charge on any atom is 0.373 e. The van der Waals surface area contributed by atoms with Gasteiger partial charge in [0.1, 0.15) is 17.8 Å². The zero-order chi connectivity index (χ0) is 84.0. The fraction of sp³-hybridized carbons (Fsp3) is 0.528. The Morgan fingerprint density at radius 3 is 1.73 bits per heavy atom. The van der Waals surface area contributed by atoms with Gasteiger partial charge in [0.25, 0.3) is 0 Å². The molecule has 620 valence electrons. The standard InChI is InChI=1S/C68H101IN16O15S.4CO2/c1-81-31-33-82(2)55(45-84(48-63(92)93)36-35-83(34-32-81)47-62(90)91)42-49-19-23-53(24-20-49)76-68(101)74-29-9-4-14-56(64(94)71-27-7-3-6-26-70-60(87)43-50-17-21-52(69)22-18-50)77-59(86)25-38-99-40-41-100-39-37-85-46-58(79-80-85)51-12-10-13-54(44-51)75-66(97)72-28-8-5-15-57(65(95)96)78-67(98)73-30-11-16-61(88)89;4*2-1-3/h10,12-13,17-24,44,46,55-57H,3-9,11,14-16,25-43,45,47-48H2,1-2H3,(H,70,87)(H,71,94)(H,77,86)(H,88,89)(H,90,91)(H,92,93)(H,95,96)(H2,72,75,97)(H2,73,78,98)(H2,74,76,101);;;;. The van der Waals surface area contributed by atoms with Crippen LogP contribution in [0.1, 0.15) is 88.2 Å². The van der Waals surface area contributed by atoms with Crippen LogP contribution in [0.5, 0.6) is 0 Å². The lowest BCUT2D eigenvalue weighted by Gasteiger charge is -2.36. The summed E-state index contributed by atoms with van der Waals surface area (Å²) < 4.78 is 14.2. The number of likely N-dealkylation sites (N-methyl/N-ethyl adjacent to an activating group) is 2. The number of halogens is 1. The average Bonchev–Trinajstić information content (AvgIpc) is 1.84. The number of unbranched alkanes of at least 4 members (excludes halogenated alkanes) is 4. The lowest BCUT2D eigenvalue weighted by Crippen LogP contribution is -2.50. The first kappa shape index (κ1) is 100. The first-order chi connectivity index (χ1) is 54.2. The van der Waals surface area contributed by atoms with Gasteiger partial charge in [0.05, 0.1) is 58.7 Å². The van der Waals surface area contributed by atoms with Crippen LogP contribution < -0.4 is 47.9 Å². The number of carbonyl (C=O) groups is 9. The number of carboxylic acids is 4. The number of benzene rings is 3. The van der Waals surface area contributed by atoms with Crippen molar-refractivity contribution in [2.75, 3.05) is 143 Å². The van der Waals surface area contributed by atoms with Crippen LogP contribution in [-0.2, 0) is 101 Å². The molecule has 0 saturated carbocycles. The molecule has 13 N–H and O–H groups in total. The second-order valence-electron chi connectivity index (χ2n) is 25.1.